The Labute approximate surface area is 239 Å². The van der Waals surface area contributed by atoms with E-state index in [9.17, 15) is 14.7 Å². The molecule has 0 aliphatic heterocycles. The number of nitro benzene ring substituents is 1. The van der Waals surface area contributed by atoms with E-state index in [1.165, 1.54) is 12.1 Å². The molecule has 0 saturated heterocycles. The van der Waals surface area contributed by atoms with Crippen LogP contribution in [0.4, 0.5) is 5.69 Å². The van der Waals surface area contributed by atoms with Crippen LogP contribution in [-0.4, -0.2) is 35.3 Å². The van der Waals surface area contributed by atoms with E-state index in [2.05, 4.69) is 46.9 Å². The predicted octanol–water partition coefficient (Wildman–Crippen LogP) is 7.90. The summed E-state index contributed by atoms with van der Waals surface area (Å²) >= 11 is -1.18. The first-order valence-corrected chi connectivity index (χ1v) is 17.5. The summed E-state index contributed by atoms with van der Waals surface area (Å²) in [5.74, 6) is 1.19. The van der Waals surface area contributed by atoms with Gasteiger partial charge in [0.1, 0.15) is 17.1 Å². The van der Waals surface area contributed by atoms with Crippen LogP contribution in [0.3, 0.4) is 0 Å². The van der Waals surface area contributed by atoms with Gasteiger partial charge in [0.05, 0.1) is 11.0 Å². The molecule has 0 amide bonds. The maximum Gasteiger partial charge on any atom is 0.269 e. The zero-order chi connectivity index (χ0) is 29.9. The van der Waals surface area contributed by atoms with Crippen molar-refractivity contribution >= 4 is 31.4 Å². The lowest BCUT2D eigenvalue weighted by Crippen LogP contribution is -2.47. The molecule has 0 aromatic heterocycles. The topological polar surface area (TPSA) is 111 Å². The molecule has 0 fully saturated rings. The number of ether oxygens (including phenoxy) is 1. The van der Waals surface area contributed by atoms with Crippen LogP contribution in [0.15, 0.2) is 60.7 Å². The monoisotopic (exact) mass is 576 g/mol. The molecule has 2 aromatic rings. The van der Waals surface area contributed by atoms with Crippen molar-refractivity contribution < 1.29 is 18.6 Å². The lowest BCUT2D eigenvalue weighted by atomic mass is 9.99. The Morgan fingerprint density at radius 3 is 2.03 bits per heavy atom. The molecule has 0 aliphatic rings. The minimum atomic E-state index is -1.94. The van der Waals surface area contributed by atoms with Crippen LogP contribution in [0.2, 0.25) is 18.1 Å². The fourth-order valence-corrected chi connectivity index (χ4v) is 4.45. The lowest BCUT2D eigenvalue weighted by molar-refractivity contribution is -0.384. The van der Waals surface area contributed by atoms with Crippen molar-refractivity contribution in [3.05, 3.63) is 76.4 Å². The van der Waals surface area contributed by atoms with Gasteiger partial charge in [-0.1, -0.05) is 58.0 Å². The molecule has 0 aliphatic carbocycles. The number of rotatable bonds is 11. The molecule has 2 N–H and O–H groups in total. The quantitative estimate of drug-likeness (QED) is 0.126. The molecule has 7 nitrogen and oxygen atoms in total. The van der Waals surface area contributed by atoms with Gasteiger partial charge in [-0.2, -0.15) is 5.14 Å². The number of allylic oxidation sites excluding steroid dienone is 1. The fraction of sp³-hybridized carbons (Fsp3) is 0.533. The molecule has 39 heavy (non-hydrogen) atoms. The first kappa shape index (κ1) is 34.9. The van der Waals surface area contributed by atoms with Gasteiger partial charge in [-0.15, -0.1) is 0 Å². The number of nitro groups is 1. The van der Waals surface area contributed by atoms with E-state index in [1.807, 2.05) is 57.2 Å². The molecule has 0 spiro atoms. The SMILES string of the molecule is CC(C)(C)[S+](N)[O-].C[C@H](CC/C=C/c1ccc([N+](=O)[O-])cc1)[C@@H](COc1ccccc1)O[Si](C)(C)C(C)(C)C. The molecule has 0 radical (unpaired) electrons. The summed E-state index contributed by atoms with van der Waals surface area (Å²) in [6, 6.07) is 16.5. The number of hydrogen-bond donors (Lipinski definition) is 1. The van der Waals surface area contributed by atoms with Gasteiger partial charge in [-0.05, 0) is 87.5 Å². The first-order chi connectivity index (χ1) is 17.9. The second kappa shape index (κ2) is 15.6. The number of non-ortho nitro benzene ring substituents is 1. The number of nitrogens with two attached hydrogens (primary N) is 1. The van der Waals surface area contributed by atoms with Crippen molar-refractivity contribution in [3.63, 3.8) is 0 Å². The maximum absolute atomic E-state index is 10.8. The van der Waals surface area contributed by atoms with Crippen molar-refractivity contribution in [1.82, 2.24) is 0 Å². The van der Waals surface area contributed by atoms with Gasteiger partial charge < -0.3 is 13.7 Å². The van der Waals surface area contributed by atoms with Crippen molar-refractivity contribution in [2.45, 2.75) is 90.3 Å². The molecule has 0 bridgehead atoms. The lowest BCUT2D eigenvalue weighted by Gasteiger charge is -2.40. The van der Waals surface area contributed by atoms with E-state index >= 15 is 0 Å². The smallest absolute Gasteiger partial charge is 0.269 e. The van der Waals surface area contributed by atoms with Gasteiger partial charge in [0.2, 0.25) is 0 Å². The Hall–Kier alpha value is -2.17. The summed E-state index contributed by atoms with van der Waals surface area (Å²) in [5, 5.41) is 16.0. The number of para-hydroxylation sites is 1. The minimum absolute atomic E-state index is 0.0175. The number of hydrogen-bond acceptors (Lipinski definition) is 6. The predicted molar refractivity (Wildman–Crippen MR) is 167 cm³/mol. The van der Waals surface area contributed by atoms with E-state index in [4.69, 9.17) is 14.3 Å². The van der Waals surface area contributed by atoms with E-state index in [-0.39, 0.29) is 26.5 Å². The third-order valence-corrected chi connectivity index (χ3v) is 12.6. The summed E-state index contributed by atoms with van der Waals surface area (Å²) in [4.78, 5) is 10.4. The van der Waals surface area contributed by atoms with Crippen LogP contribution in [-0.2, 0) is 15.8 Å². The Morgan fingerprint density at radius 1 is 1.03 bits per heavy atom. The van der Waals surface area contributed by atoms with Crippen molar-refractivity contribution in [2.75, 3.05) is 6.61 Å². The van der Waals surface area contributed by atoms with Crippen LogP contribution in [0.1, 0.15) is 66.9 Å². The largest absolute Gasteiger partial charge is 0.598 e. The average molecular weight is 577 g/mol. The molecule has 2 aromatic carbocycles. The first-order valence-electron chi connectivity index (χ1n) is 13.4. The standard InChI is InChI=1S/C26H37NO4Si.C4H11NOS/c1-21(12-10-11-13-22-16-18-23(19-17-22)27(28)29)25(31-32(5,6)26(2,3)4)20-30-24-14-8-7-9-15-24;1-4(2,3)7(5)6/h7-9,11,13-19,21,25H,10,12,20H2,1-6H3;5H2,1-3H3/b13-11+;/t21-,25-;/m1./s1. The number of nitrogens with zero attached hydrogens (tertiary/aromatic N) is 1. The van der Waals surface area contributed by atoms with Gasteiger partial charge in [0.15, 0.2) is 8.32 Å². The third kappa shape index (κ3) is 13.2. The molecular formula is C30H48N2O5SSi. The number of benzene rings is 2. The molecule has 0 heterocycles. The van der Waals surface area contributed by atoms with Gasteiger partial charge in [-0.25, -0.2) is 0 Å². The molecule has 218 valence electrons. The highest BCUT2D eigenvalue weighted by Crippen LogP contribution is 2.38. The highest BCUT2D eigenvalue weighted by molar-refractivity contribution is 7.90. The van der Waals surface area contributed by atoms with Crippen molar-refractivity contribution in [1.29, 1.82) is 0 Å². The van der Waals surface area contributed by atoms with Gasteiger partial charge in [-0.3, -0.25) is 10.1 Å². The fourth-order valence-electron chi connectivity index (χ4n) is 3.04. The van der Waals surface area contributed by atoms with Crippen LogP contribution < -0.4 is 9.88 Å². The van der Waals surface area contributed by atoms with Gasteiger partial charge in [0.25, 0.3) is 5.69 Å². The van der Waals surface area contributed by atoms with E-state index in [1.54, 1.807) is 12.1 Å². The van der Waals surface area contributed by atoms with Gasteiger partial charge in [0, 0.05) is 23.5 Å². The Balaban J connectivity index is 0.000000956. The highest BCUT2D eigenvalue weighted by atomic mass is 32.2. The molecule has 2 rings (SSSR count). The maximum atomic E-state index is 10.8. The van der Waals surface area contributed by atoms with E-state index in [0.717, 1.165) is 24.2 Å². The highest BCUT2D eigenvalue weighted by Gasteiger charge is 2.40. The van der Waals surface area contributed by atoms with Crippen molar-refractivity contribution in [3.8, 4) is 5.75 Å². The Bertz CT molecular complexity index is 1020. The van der Waals surface area contributed by atoms with E-state index in [0.29, 0.717) is 12.5 Å². The average Bonchev–Trinajstić information content (AvgIpc) is 2.84. The summed E-state index contributed by atoms with van der Waals surface area (Å²) in [6.45, 7) is 19.6. The summed E-state index contributed by atoms with van der Waals surface area (Å²) in [7, 11) is -1.94. The molecule has 9 heteroatoms. The molecule has 1 unspecified atom stereocenters. The van der Waals surface area contributed by atoms with Crippen LogP contribution >= 0.6 is 0 Å². The second-order valence-corrected chi connectivity index (χ2v) is 18.8. The molecular weight excluding hydrogens is 528 g/mol. The van der Waals surface area contributed by atoms with Crippen molar-refractivity contribution in [2.24, 2.45) is 11.1 Å². The Morgan fingerprint density at radius 2 is 1.56 bits per heavy atom. The summed E-state index contributed by atoms with van der Waals surface area (Å²) in [6.07, 6.45) is 6.03. The molecule has 3 atom stereocenters. The van der Waals surface area contributed by atoms with Crippen LogP contribution in [0.5, 0.6) is 5.75 Å². The Kier molecular flexibility index (Phi) is 13.9. The van der Waals surface area contributed by atoms with Crippen LogP contribution in [0.25, 0.3) is 6.08 Å². The summed E-state index contributed by atoms with van der Waals surface area (Å²) in [5.41, 5.74) is 1.07. The van der Waals surface area contributed by atoms with E-state index < -0.39 is 19.7 Å². The second-order valence-electron chi connectivity index (χ2n) is 12.3. The zero-order valence-electron chi connectivity index (χ0n) is 25.1. The van der Waals surface area contributed by atoms with Gasteiger partial charge >= 0.3 is 0 Å². The zero-order valence-corrected chi connectivity index (χ0v) is 26.9. The third-order valence-electron chi connectivity index (χ3n) is 6.85. The summed E-state index contributed by atoms with van der Waals surface area (Å²) < 4.78 is 22.9. The normalized spacial score (nSPS) is 14.7. The van der Waals surface area contributed by atoms with Crippen LogP contribution in [0, 0.1) is 16.0 Å². The minimum Gasteiger partial charge on any atom is -0.598 e. The molecule has 0 saturated carbocycles.